The first-order chi connectivity index (χ1) is 9.58. The maximum absolute atomic E-state index is 11.7. The minimum atomic E-state index is -1.43. The smallest absolute Gasteiger partial charge is 0.290 e. The van der Waals surface area contributed by atoms with Crippen LogP contribution in [0.25, 0.3) is 11.3 Å². The first-order valence-electron chi connectivity index (χ1n) is 5.85. The number of aliphatic hydroxyl groups is 1. The average molecular weight is 275 g/mol. The van der Waals surface area contributed by atoms with Gasteiger partial charge in [0.25, 0.3) is 5.91 Å². The lowest BCUT2D eigenvalue weighted by Gasteiger charge is -2.06. The minimum absolute atomic E-state index is 0.0134. The lowest BCUT2D eigenvalue weighted by molar-refractivity contribution is -0.125. The Morgan fingerprint density at radius 3 is 2.70 bits per heavy atom. The molecule has 7 heteroatoms. The molecule has 0 bridgehead atoms. The van der Waals surface area contributed by atoms with Crippen molar-refractivity contribution in [3.05, 3.63) is 42.2 Å². The van der Waals surface area contributed by atoms with Crippen LogP contribution in [0.3, 0.4) is 0 Å². The summed E-state index contributed by atoms with van der Waals surface area (Å²) >= 11 is 0. The first kappa shape index (κ1) is 13.8. The summed E-state index contributed by atoms with van der Waals surface area (Å²) < 4.78 is 4.91. The van der Waals surface area contributed by atoms with Crippen LogP contribution < -0.4 is 11.1 Å². The molecule has 0 fully saturated rings. The van der Waals surface area contributed by atoms with Crippen molar-refractivity contribution in [3.8, 4) is 11.3 Å². The van der Waals surface area contributed by atoms with Gasteiger partial charge in [0, 0.05) is 11.6 Å². The number of primary amides is 1. The third-order valence-electron chi connectivity index (χ3n) is 2.59. The van der Waals surface area contributed by atoms with Crippen molar-refractivity contribution in [2.75, 3.05) is 6.54 Å². The number of carbonyl (C=O) groups is 2. The van der Waals surface area contributed by atoms with Gasteiger partial charge >= 0.3 is 0 Å². The first-order valence-corrected chi connectivity index (χ1v) is 5.85. The van der Waals surface area contributed by atoms with E-state index in [2.05, 4.69) is 10.5 Å². The van der Waals surface area contributed by atoms with Gasteiger partial charge in [-0.25, -0.2) is 0 Å². The summed E-state index contributed by atoms with van der Waals surface area (Å²) in [6.45, 7) is -0.282. The van der Waals surface area contributed by atoms with Crippen LogP contribution in [-0.2, 0) is 4.79 Å². The number of carbonyl (C=O) groups excluding carboxylic acids is 2. The number of aliphatic hydroxyl groups excluding tert-OH is 1. The zero-order chi connectivity index (χ0) is 14.5. The van der Waals surface area contributed by atoms with Crippen LogP contribution in [0.15, 0.2) is 40.9 Å². The van der Waals surface area contributed by atoms with Crippen molar-refractivity contribution in [1.29, 1.82) is 0 Å². The number of nitrogens with two attached hydrogens (primary N) is 1. The van der Waals surface area contributed by atoms with E-state index >= 15 is 0 Å². The van der Waals surface area contributed by atoms with Crippen LogP contribution in [0.1, 0.15) is 10.6 Å². The number of hydrogen-bond donors (Lipinski definition) is 3. The summed E-state index contributed by atoms with van der Waals surface area (Å²) in [6.07, 6.45) is -1.43. The second kappa shape index (κ2) is 5.98. The van der Waals surface area contributed by atoms with Crippen LogP contribution in [0.5, 0.6) is 0 Å². The minimum Gasteiger partial charge on any atom is -0.381 e. The molecule has 0 spiro atoms. The molecule has 1 aromatic heterocycles. The molecule has 1 heterocycles. The van der Waals surface area contributed by atoms with Crippen molar-refractivity contribution in [1.82, 2.24) is 10.5 Å². The Bertz CT molecular complexity index is 609. The van der Waals surface area contributed by atoms with Crippen LogP contribution in [0, 0.1) is 0 Å². The van der Waals surface area contributed by atoms with Gasteiger partial charge in [-0.3, -0.25) is 9.59 Å². The number of amides is 2. The average Bonchev–Trinajstić information content (AvgIpc) is 2.95. The Morgan fingerprint density at radius 2 is 2.05 bits per heavy atom. The molecule has 1 atom stereocenters. The standard InChI is InChI=1S/C13H13N3O4/c14-12(18)10(17)7-15-13(19)11-6-9(16-20-11)8-4-2-1-3-5-8/h1-6,10,17H,7H2,(H2,14,18)(H,15,19). The summed E-state index contributed by atoms with van der Waals surface area (Å²) in [6, 6.07) is 10.7. The van der Waals surface area contributed by atoms with Crippen LogP contribution in [-0.4, -0.2) is 34.7 Å². The van der Waals surface area contributed by atoms with Gasteiger partial charge in [-0.15, -0.1) is 0 Å². The highest BCUT2D eigenvalue weighted by Gasteiger charge is 2.17. The zero-order valence-electron chi connectivity index (χ0n) is 10.4. The van der Waals surface area contributed by atoms with Crippen molar-refractivity contribution >= 4 is 11.8 Å². The molecular weight excluding hydrogens is 262 g/mol. The van der Waals surface area contributed by atoms with E-state index in [1.807, 2.05) is 30.3 Å². The molecule has 7 nitrogen and oxygen atoms in total. The van der Waals surface area contributed by atoms with E-state index in [0.29, 0.717) is 5.69 Å². The molecule has 0 saturated heterocycles. The largest absolute Gasteiger partial charge is 0.381 e. The summed E-state index contributed by atoms with van der Waals surface area (Å²) in [7, 11) is 0. The number of rotatable bonds is 5. The molecule has 0 aliphatic rings. The lowest BCUT2D eigenvalue weighted by atomic mass is 10.1. The third kappa shape index (κ3) is 3.21. The van der Waals surface area contributed by atoms with Crippen molar-refractivity contribution < 1.29 is 19.2 Å². The van der Waals surface area contributed by atoms with Gasteiger partial charge in [-0.05, 0) is 0 Å². The number of nitrogens with zero attached hydrogens (tertiary/aromatic N) is 1. The maximum atomic E-state index is 11.7. The molecule has 1 aromatic carbocycles. The lowest BCUT2D eigenvalue weighted by Crippen LogP contribution is -2.39. The van der Waals surface area contributed by atoms with E-state index in [4.69, 9.17) is 15.4 Å². The van der Waals surface area contributed by atoms with E-state index in [9.17, 15) is 9.59 Å². The van der Waals surface area contributed by atoms with Gasteiger partial charge in [0.1, 0.15) is 11.8 Å². The molecule has 2 aromatic rings. The Balaban J connectivity index is 2.02. The van der Waals surface area contributed by atoms with E-state index in [1.54, 1.807) is 0 Å². The maximum Gasteiger partial charge on any atom is 0.290 e. The zero-order valence-corrected chi connectivity index (χ0v) is 10.4. The van der Waals surface area contributed by atoms with Crippen LogP contribution >= 0.6 is 0 Å². The molecule has 0 aliphatic heterocycles. The molecule has 0 radical (unpaired) electrons. The predicted molar refractivity (Wildman–Crippen MR) is 69.5 cm³/mol. The Kier molecular flexibility index (Phi) is 4.11. The van der Waals surface area contributed by atoms with Crippen LogP contribution in [0.4, 0.5) is 0 Å². The number of hydrogen-bond acceptors (Lipinski definition) is 5. The fourth-order valence-corrected chi connectivity index (χ4v) is 1.50. The summed E-state index contributed by atoms with van der Waals surface area (Å²) in [5.74, 6) is -1.51. The molecule has 0 aliphatic carbocycles. The molecule has 20 heavy (non-hydrogen) atoms. The topological polar surface area (TPSA) is 118 Å². The monoisotopic (exact) mass is 275 g/mol. The molecule has 2 rings (SSSR count). The Morgan fingerprint density at radius 1 is 1.35 bits per heavy atom. The number of aromatic nitrogens is 1. The normalized spacial score (nSPS) is 11.8. The van der Waals surface area contributed by atoms with E-state index < -0.39 is 17.9 Å². The quantitative estimate of drug-likeness (QED) is 0.705. The molecule has 0 saturated carbocycles. The fourth-order valence-electron chi connectivity index (χ4n) is 1.50. The highest BCUT2D eigenvalue weighted by atomic mass is 16.5. The van der Waals surface area contributed by atoms with Gasteiger partial charge in [0.05, 0.1) is 6.54 Å². The van der Waals surface area contributed by atoms with Crippen molar-refractivity contribution in [3.63, 3.8) is 0 Å². The molecule has 4 N–H and O–H groups in total. The predicted octanol–water partition coefficient (Wildman–Crippen LogP) is -0.0824. The summed E-state index contributed by atoms with van der Waals surface area (Å²) in [5.41, 5.74) is 6.20. The molecule has 104 valence electrons. The third-order valence-corrected chi connectivity index (χ3v) is 2.59. The SMILES string of the molecule is NC(=O)C(O)CNC(=O)c1cc(-c2ccccc2)no1. The summed E-state index contributed by atoms with van der Waals surface area (Å²) in [5, 5.41) is 15.3. The fraction of sp³-hybridized carbons (Fsp3) is 0.154. The van der Waals surface area contributed by atoms with Gasteiger partial charge in [0.15, 0.2) is 0 Å². The Labute approximate surface area is 114 Å². The van der Waals surface area contributed by atoms with Gasteiger partial charge in [0.2, 0.25) is 11.7 Å². The van der Waals surface area contributed by atoms with Crippen LogP contribution in [0.2, 0.25) is 0 Å². The second-order valence-corrected chi connectivity index (χ2v) is 4.07. The van der Waals surface area contributed by atoms with Crippen molar-refractivity contribution in [2.24, 2.45) is 5.73 Å². The van der Waals surface area contributed by atoms with E-state index in [-0.39, 0.29) is 12.3 Å². The van der Waals surface area contributed by atoms with Gasteiger partial charge < -0.3 is 20.7 Å². The molecule has 2 amide bonds. The van der Waals surface area contributed by atoms with E-state index in [0.717, 1.165) is 5.56 Å². The number of nitrogens with one attached hydrogen (secondary N) is 1. The molecule has 1 unspecified atom stereocenters. The highest BCUT2D eigenvalue weighted by molar-refractivity contribution is 5.92. The second-order valence-electron chi connectivity index (χ2n) is 4.07. The van der Waals surface area contributed by atoms with E-state index in [1.165, 1.54) is 6.07 Å². The molecular formula is C13H13N3O4. The summed E-state index contributed by atoms with van der Waals surface area (Å²) in [4.78, 5) is 22.3. The van der Waals surface area contributed by atoms with Gasteiger partial charge in [-0.1, -0.05) is 35.5 Å². The Hall–Kier alpha value is -2.67. The highest BCUT2D eigenvalue weighted by Crippen LogP contribution is 2.18. The van der Waals surface area contributed by atoms with Gasteiger partial charge in [-0.2, -0.15) is 0 Å². The van der Waals surface area contributed by atoms with Crippen molar-refractivity contribution in [2.45, 2.75) is 6.10 Å². The number of benzene rings is 1.